The number of hydrogen-bond donors (Lipinski definition) is 1. The Kier molecular flexibility index (Phi) is 1.75. The first-order chi connectivity index (χ1) is 5.27. The largest absolute Gasteiger partial charge is 0.325 e. The van der Waals surface area contributed by atoms with Crippen LogP contribution in [0.3, 0.4) is 0 Å². The van der Waals surface area contributed by atoms with Gasteiger partial charge in [-0.25, -0.2) is 0 Å². The van der Waals surface area contributed by atoms with Gasteiger partial charge in [0.25, 0.3) is 0 Å². The molecule has 1 N–H and O–H groups in total. The second-order valence-electron chi connectivity index (χ2n) is 2.86. The normalized spacial score (nSPS) is 16.8. The second-order valence-corrected chi connectivity index (χ2v) is 4.02. The third kappa shape index (κ3) is 1.47. The van der Waals surface area contributed by atoms with Gasteiger partial charge in [0, 0.05) is 21.2 Å². The Morgan fingerprint density at radius 1 is 1.45 bits per heavy atom. The molecule has 0 unspecified atom stereocenters. The van der Waals surface area contributed by atoms with Crippen molar-refractivity contribution in [1.29, 1.82) is 0 Å². The minimum atomic E-state index is 0.0207. The highest BCUT2D eigenvalue weighted by atomic mass is 127. The Morgan fingerprint density at radius 2 is 2.18 bits per heavy atom. The Labute approximate surface area is 78.2 Å². The van der Waals surface area contributed by atoms with Gasteiger partial charge in [-0.3, -0.25) is 4.79 Å². The molecule has 0 amide bonds. The van der Waals surface area contributed by atoms with E-state index in [1.807, 2.05) is 6.07 Å². The summed E-state index contributed by atoms with van der Waals surface area (Å²) in [5.74, 6) is 0.635. The highest BCUT2D eigenvalue weighted by Gasteiger charge is 2.26. The molecular weight excluding hydrogens is 253 g/mol. The van der Waals surface area contributed by atoms with Crippen molar-refractivity contribution >= 4 is 22.6 Å². The summed E-state index contributed by atoms with van der Waals surface area (Å²) in [5.41, 5.74) is 1.16. The van der Waals surface area contributed by atoms with Crippen molar-refractivity contribution in [2.75, 3.05) is 0 Å². The quantitative estimate of drug-likeness (QED) is 0.769. The van der Waals surface area contributed by atoms with Crippen LogP contribution in [0.1, 0.15) is 24.5 Å². The van der Waals surface area contributed by atoms with E-state index in [4.69, 9.17) is 0 Å². The van der Waals surface area contributed by atoms with Crippen molar-refractivity contribution in [3.8, 4) is 0 Å². The maximum absolute atomic E-state index is 10.9. The van der Waals surface area contributed by atoms with E-state index in [2.05, 4.69) is 27.6 Å². The van der Waals surface area contributed by atoms with E-state index in [1.165, 1.54) is 16.4 Å². The zero-order chi connectivity index (χ0) is 7.84. The molecule has 1 aromatic rings. The van der Waals surface area contributed by atoms with Crippen molar-refractivity contribution in [2.24, 2.45) is 0 Å². The van der Waals surface area contributed by atoms with Gasteiger partial charge in [-0.2, -0.15) is 0 Å². The van der Waals surface area contributed by atoms with Gasteiger partial charge in [0.1, 0.15) is 0 Å². The Bertz CT molecular complexity index is 327. The van der Waals surface area contributed by atoms with Gasteiger partial charge in [0.15, 0.2) is 0 Å². The third-order valence-electron chi connectivity index (χ3n) is 1.88. The number of pyridine rings is 1. The fourth-order valence-corrected chi connectivity index (χ4v) is 1.90. The molecule has 1 saturated carbocycles. The highest BCUT2D eigenvalue weighted by Crippen LogP contribution is 2.40. The molecule has 1 fully saturated rings. The summed E-state index contributed by atoms with van der Waals surface area (Å²) in [5, 5.41) is 0. The minimum Gasteiger partial charge on any atom is -0.325 e. The van der Waals surface area contributed by atoms with E-state index in [1.54, 1.807) is 6.07 Å². The lowest BCUT2D eigenvalue weighted by molar-refractivity contribution is 0.986. The second kappa shape index (κ2) is 2.62. The first-order valence-corrected chi connectivity index (χ1v) is 4.74. The van der Waals surface area contributed by atoms with Crippen LogP contribution in [0.4, 0.5) is 0 Å². The zero-order valence-electron chi connectivity index (χ0n) is 5.93. The van der Waals surface area contributed by atoms with Crippen LogP contribution >= 0.6 is 22.6 Å². The van der Waals surface area contributed by atoms with Gasteiger partial charge in [-0.1, -0.05) is 0 Å². The molecule has 1 aliphatic rings. The first kappa shape index (κ1) is 7.34. The molecule has 0 bridgehead atoms. The Balaban J connectivity index is 2.50. The fraction of sp³-hybridized carbons (Fsp3) is 0.375. The van der Waals surface area contributed by atoms with E-state index < -0.39 is 0 Å². The molecule has 1 heterocycles. The minimum absolute atomic E-state index is 0.0207. The molecule has 0 spiro atoms. The van der Waals surface area contributed by atoms with Crippen LogP contribution in [-0.2, 0) is 0 Å². The standard InChI is InChI=1S/C8H8INO/c9-6-3-4-7(11)10-8(6)5-1-2-5/h3-5H,1-2H2,(H,10,11). The van der Waals surface area contributed by atoms with Crippen LogP contribution in [0.25, 0.3) is 0 Å². The smallest absolute Gasteiger partial charge is 0.248 e. The molecule has 0 radical (unpaired) electrons. The number of rotatable bonds is 1. The molecule has 1 aromatic heterocycles. The van der Waals surface area contributed by atoms with Crippen LogP contribution in [0.15, 0.2) is 16.9 Å². The zero-order valence-corrected chi connectivity index (χ0v) is 8.09. The van der Waals surface area contributed by atoms with Crippen LogP contribution in [0.2, 0.25) is 0 Å². The monoisotopic (exact) mass is 261 g/mol. The summed E-state index contributed by atoms with van der Waals surface area (Å²) in [4.78, 5) is 13.8. The van der Waals surface area contributed by atoms with Gasteiger partial charge in [-0.05, 0) is 41.5 Å². The lowest BCUT2D eigenvalue weighted by Crippen LogP contribution is -2.07. The molecule has 1 aliphatic carbocycles. The summed E-state index contributed by atoms with van der Waals surface area (Å²) < 4.78 is 1.18. The number of hydrogen-bond acceptors (Lipinski definition) is 1. The lowest BCUT2D eigenvalue weighted by Gasteiger charge is -1.99. The summed E-state index contributed by atoms with van der Waals surface area (Å²) in [6.07, 6.45) is 2.46. The van der Waals surface area contributed by atoms with Gasteiger partial charge in [-0.15, -0.1) is 0 Å². The maximum Gasteiger partial charge on any atom is 0.248 e. The van der Waals surface area contributed by atoms with Crippen LogP contribution in [0, 0.1) is 3.57 Å². The molecule has 0 saturated heterocycles. The molecule has 0 aromatic carbocycles. The maximum atomic E-state index is 10.9. The van der Waals surface area contributed by atoms with Gasteiger partial charge >= 0.3 is 0 Å². The first-order valence-electron chi connectivity index (χ1n) is 3.66. The van der Waals surface area contributed by atoms with Crippen LogP contribution in [0.5, 0.6) is 0 Å². The fourth-order valence-electron chi connectivity index (χ4n) is 1.14. The highest BCUT2D eigenvalue weighted by molar-refractivity contribution is 14.1. The molecular formula is C8H8INO. The van der Waals surface area contributed by atoms with Gasteiger partial charge in [0.05, 0.1) is 0 Å². The summed E-state index contributed by atoms with van der Waals surface area (Å²) in [6, 6.07) is 3.46. The molecule has 0 aliphatic heterocycles. The summed E-state index contributed by atoms with van der Waals surface area (Å²) >= 11 is 2.26. The molecule has 3 heteroatoms. The molecule has 0 atom stereocenters. The number of nitrogens with one attached hydrogen (secondary N) is 1. The van der Waals surface area contributed by atoms with Crippen molar-refractivity contribution in [3.05, 3.63) is 31.8 Å². The number of H-pyrrole nitrogens is 1. The average molecular weight is 261 g/mol. The van der Waals surface area contributed by atoms with Crippen LogP contribution < -0.4 is 5.56 Å². The molecule has 58 valence electrons. The van der Waals surface area contributed by atoms with Crippen molar-refractivity contribution in [3.63, 3.8) is 0 Å². The Morgan fingerprint density at radius 3 is 2.82 bits per heavy atom. The summed E-state index contributed by atoms with van der Waals surface area (Å²) in [7, 11) is 0. The van der Waals surface area contributed by atoms with E-state index in [0.29, 0.717) is 5.92 Å². The predicted molar refractivity (Wildman–Crippen MR) is 51.8 cm³/mol. The van der Waals surface area contributed by atoms with Crippen molar-refractivity contribution in [2.45, 2.75) is 18.8 Å². The van der Waals surface area contributed by atoms with E-state index in [0.717, 1.165) is 5.69 Å². The van der Waals surface area contributed by atoms with Gasteiger partial charge in [0.2, 0.25) is 5.56 Å². The number of aromatic nitrogens is 1. The predicted octanol–water partition coefficient (Wildman–Crippen LogP) is 1.86. The Hall–Kier alpha value is -0.320. The van der Waals surface area contributed by atoms with Crippen LogP contribution in [-0.4, -0.2) is 4.98 Å². The van der Waals surface area contributed by atoms with E-state index in [9.17, 15) is 4.79 Å². The average Bonchev–Trinajstić information content (AvgIpc) is 2.76. The van der Waals surface area contributed by atoms with E-state index in [-0.39, 0.29) is 5.56 Å². The molecule has 2 rings (SSSR count). The number of halogens is 1. The third-order valence-corrected chi connectivity index (χ3v) is 2.82. The summed E-state index contributed by atoms with van der Waals surface area (Å²) in [6.45, 7) is 0. The molecule has 2 nitrogen and oxygen atoms in total. The molecule has 11 heavy (non-hydrogen) atoms. The SMILES string of the molecule is O=c1ccc(I)c(C2CC2)[nH]1. The lowest BCUT2D eigenvalue weighted by atomic mass is 10.2. The van der Waals surface area contributed by atoms with Gasteiger partial charge < -0.3 is 4.98 Å². The van der Waals surface area contributed by atoms with Crippen molar-refractivity contribution < 1.29 is 0 Å². The number of aromatic amines is 1. The topological polar surface area (TPSA) is 32.9 Å². The van der Waals surface area contributed by atoms with E-state index >= 15 is 0 Å². The van der Waals surface area contributed by atoms with Crippen molar-refractivity contribution in [1.82, 2.24) is 4.98 Å².